The molecule has 6 nitrogen and oxygen atoms in total. The molecule has 1 heterocycles. The van der Waals surface area contributed by atoms with Crippen LogP contribution in [0.15, 0.2) is 48.5 Å². The van der Waals surface area contributed by atoms with Crippen LogP contribution in [-0.4, -0.2) is 44.7 Å². The molecule has 0 atom stereocenters. The lowest BCUT2D eigenvalue weighted by Crippen LogP contribution is -2.36. The normalized spacial score (nSPS) is 14.0. The second kappa shape index (κ2) is 8.49. The lowest BCUT2D eigenvalue weighted by Gasteiger charge is -2.28. The maximum absolute atomic E-state index is 12.3. The lowest BCUT2D eigenvalue weighted by molar-refractivity contribution is 0.0993. The van der Waals surface area contributed by atoms with Crippen LogP contribution in [0.3, 0.4) is 0 Å². The predicted octanol–water partition coefficient (Wildman–Crippen LogP) is 2.84. The molecule has 1 aliphatic rings. The number of Topliss-reactive ketones (excluding diaryl/α,β-unsaturated/α-hetero) is 1. The molecule has 1 aliphatic heterocycles. The van der Waals surface area contributed by atoms with Gasteiger partial charge in [-0.3, -0.25) is 4.79 Å². The van der Waals surface area contributed by atoms with E-state index in [2.05, 4.69) is 15.5 Å². The molecule has 0 bridgehead atoms. The van der Waals surface area contributed by atoms with Gasteiger partial charge in [0, 0.05) is 30.0 Å². The molecule has 0 unspecified atom stereocenters. The van der Waals surface area contributed by atoms with E-state index in [-0.39, 0.29) is 12.3 Å². The summed E-state index contributed by atoms with van der Waals surface area (Å²) in [4.78, 5) is 26.4. The number of ketones is 1. The molecule has 6 heteroatoms. The Labute approximate surface area is 153 Å². The molecular formula is C20H23N3O3. The molecule has 26 heavy (non-hydrogen) atoms. The monoisotopic (exact) mass is 353 g/mol. The smallest absolute Gasteiger partial charge is 0.319 e. The standard InChI is InChI=1S/C20H23N3O3/c1-15-2-6-17(7-3-15)22-20(25)21-14-19(24)16-4-8-18(9-5-16)23-10-12-26-13-11-23/h2-9H,10-14H2,1H3,(H2,21,22,25). The number of hydrogen-bond donors (Lipinski definition) is 2. The van der Waals surface area contributed by atoms with Crippen LogP contribution in [0.2, 0.25) is 0 Å². The van der Waals surface area contributed by atoms with E-state index in [1.165, 1.54) is 0 Å². The summed E-state index contributed by atoms with van der Waals surface area (Å²) >= 11 is 0. The Hall–Kier alpha value is -2.86. The van der Waals surface area contributed by atoms with Gasteiger partial charge in [-0.15, -0.1) is 0 Å². The summed E-state index contributed by atoms with van der Waals surface area (Å²) in [6.07, 6.45) is 0. The minimum atomic E-state index is -0.396. The highest BCUT2D eigenvalue weighted by Crippen LogP contribution is 2.17. The summed E-state index contributed by atoms with van der Waals surface area (Å²) in [6, 6.07) is 14.5. The fourth-order valence-corrected chi connectivity index (χ4v) is 2.75. The van der Waals surface area contributed by atoms with Gasteiger partial charge in [0.2, 0.25) is 0 Å². The molecule has 0 aliphatic carbocycles. The van der Waals surface area contributed by atoms with Crippen LogP contribution in [0, 0.1) is 6.92 Å². The fraction of sp³-hybridized carbons (Fsp3) is 0.300. The summed E-state index contributed by atoms with van der Waals surface area (Å²) in [5, 5.41) is 5.30. The largest absolute Gasteiger partial charge is 0.378 e. The Morgan fingerprint density at radius 2 is 1.65 bits per heavy atom. The molecule has 0 saturated carbocycles. The van der Waals surface area contributed by atoms with Gasteiger partial charge < -0.3 is 20.3 Å². The number of benzene rings is 2. The van der Waals surface area contributed by atoms with E-state index in [1.807, 2.05) is 43.3 Å². The zero-order valence-electron chi connectivity index (χ0n) is 14.8. The minimum absolute atomic E-state index is 0.0470. The van der Waals surface area contributed by atoms with Crippen LogP contribution in [0.4, 0.5) is 16.2 Å². The molecule has 0 spiro atoms. The van der Waals surface area contributed by atoms with Gasteiger partial charge in [0.1, 0.15) is 0 Å². The van der Waals surface area contributed by atoms with E-state index in [0.717, 1.165) is 37.6 Å². The van der Waals surface area contributed by atoms with E-state index in [1.54, 1.807) is 12.1 Å². The number of carbonyl (C=O) groups excluding carboxylic acids is 2. The molecular weight excluding hydrogens is 330 g/mol. The molecule has 3 rings (SSSR count). The molecule has 2 amide bonds. The molecule has 0 radical (unpaired) electrons. The van der Waals surface area contributed by atoms with E-state index >= 15 is 0 Å². The number of aryl methyl sites for hydroxylation is 1. The number of carbonyl (C=O) groups is 2. The summed E-state index contributed by atoms with van der Waals surface area (Å²) in [6.45, 7) is 5.09. The highest BCUT2D eigenvalue weighted by Gasteiger charge is 2.13. The third kappa shape index (κ3) is 4.83. The van der Waals surface area contributed by atoms with Crippen molar-refractivity contribution in [2.24, 2.45) is 0 Å². The molecule has 2 N–H and O–H groups in total. The Kier molecular flexibility index (Phi) is 5.86. The Balaban J connectivity index is 1.49. The maximum Gasteiger partial charge on any atom is 0.319 e. The first-order valence-corrected chi connectivity index (χ1v) is 8.69. The third-order valence-corrected chi connectivity index (χ3v) is 4.28. The molecule has 1 saturated heterocycles. The van der Waals surface area contributed by atoms with Gasteiger partial charge in [-0.25, -0.2) is 4.79 Å². The lowest BCUT2D eigenvalue weighted by atomic mass is 10.1. The van der Waals surface area contributed by atoms with Crippen molar-refractivity contribution < 1.29 is 14.3 Å². The number of urea groups is 1. The van der Waals surface area contributed by atoms with Gasteiger partial charge in [0.15, 0.2) is 5.78 Å². The van der Waals surface area contributed by atoms with Crippen molar-refractivity contribution in [3.05, 3.63) is 59.7 Å². The highest BCUT2D eigenvalue weighted by atomic mass is 16.5. The topological polar surface area (TPSA) is 70.7 Å². The van der Waals surface area contributed by atoms with Crippen LogP contribution >= 0.6 is 0 Å². The van der Waals surface area contributed by atoms with E-state index in [0.29, 0.717) is 11.3 Å². The van der Waals surface area contributed by atoms with Crippen LogP contribution < -0.4 is 15.5 Å². The third-order valence-electron chi connectivity index (χ3n) is 4.28. The fourth-order valence-electron chi connectivity index (χ4n) is 2.75. The second-order valence-corrected chi connectivity index (χ2v) is 6.24. The summed E-state index contributed by atoms with van der Waals surface area (Å²) in [5.41, 5.74) is 3.47. The van der Waals surface area contributed by atoms with Crippen molar-refractivity contribution in [2.75, 3.05) is 43.1 Å². The highest BCUT2D eigenvalue weighted by molar-refractivity contribution is 6.00. The molecule has 0 aromatic heterocycles. The molecule has 2 aromatic carbocycles. The van der Waals surface area contributed by atoms with Gasteiger partial charge in [-0.1, -0.05) is 17.7 Å². The molecule has 2 aromatic rings. The average Bonchev–Trinajstić information content (AvgIpc) is 2.69. The minimum Gasteiger partial charge on any atom is -0.378 e. The number of nitrogens with one attached hydrogen (secondary N) is 2. The SMILES string of the molecule is Cc1ccc(NC(=O)NCC(=O)c2ccc(N3CCOCC3)cc2)cc1. The van der Waals surface area contributed by atoms with Gasteiger partial charge in [0.05, 0.1) is 19.8 Å². The van der Waals surface area contributed by atoms with Crippen molar-refractivity contribution in [3.63, 3.8) is 0 Å². The van der Waals surface area contributed by atoms with Gasteiger partial charge >= 0.3 is 6.03 Å². The van der Waals surface area contributed by atoms with E-state index < -0.39 is 6.03 Å². The van der Waals surface area contributed by atoms with Crippen molar-refractivity contribution in [1.29, 1.82) is 0 Å². The van der Waals surface area contributed by atoms with Crippen LogP contribution in [0.25, 0.3) is 0 Å². The number of nitrogens with zero attached hydrogens (tertiary/aromatic N) is 1. The second-order valence-electron chi connectivity index (χ2n) is 6.24. The number of ether oxygens (including phenoxy) is 1. The van der Waals surface area contributed by atoms with Crippen molar-refractivity contribution in [3.8, 4) is 0 Å². The number of amides is 2. The molecule has 136 valence electrons. The van der Waals surface area contributed by atoms with E-state index in [9.17, 15) is 9.59 Å². The zero-order chi connectivity index (χ0) is 18.4. The first kappa shape index (κ1) is 17.9. The van der Waals surface area contributed by atoms with Crippen LogP contribution in [-0.2, 0) is 4.74 Å². The summed E-state index contributed by atoms with van der Waals surface area (Å²) in [5.74, 6) is -0.127. The Bertz CT molecular complexity index is 751. The predicted molar refractivity (Wildman–Crippen MR) is 102 cm³/mol. The zero-order valence-corrected chi connectivity index (χ0v) is 14.8. The summed E-state index contributed by atoms with van der Waals surface area (Å²) < 4.78 is 5.34. The Morgan fingerprint density at radius 1 is 1.00 bits per heavy atom. The van der Waals surface area contributed by atoms with Gasteiger partial charge in [-0.05, 0) is 43.3 Å². The van der Waals surface area contributed by atoms with Crippen molar-refractivity contribution in [1.82, 2.24) is 5.32 Å². The average molecular weight is 353 g/mol. The summed E-state index contributed by atoms with van der Waals surface area (Å²) in [7, 11) is 0. The van der Waals surface area contributed by atoms with Gasteiger partial charge in [-0.2, -0.15) is 0 Å². The number of hydrogen-bond acceptors (Lipinski definition) is 4. The van der Waals surface area contributed by atoms with Crippen molar-refractivity contribution in [2.45, 2.75) is 6.92 Å². The van der Waals surface area contributed by atoms with Crippen LogP contribution in [0.1, 0.15) is 15.9 Å². The number of morpholine rings is 1. The van der Waals surface area contributed by atoms with Gasteiger partial charge in [0.25, 0.3) is 0 Å². The first-order chi connectivity index (χ1) is 12.6. The Morgan fingerprint density at radius 3 is 2.31 bits per heavy atom. The van der Waals surface area contributed by atoms with Crippen molar-refractivity contribution >= 4 is 23.2 Å². The quantitative estimate of drug-likeness (QED) is 0.811. The number of anilines is 2. The maximum atomic E-state index is 12.3. The van der Waals surface area contributed by atoms with E-state index in [4.69, 9.17) is 4.74 Å². The number of rotatable bonds is 5. The molecule has 1 fully saturated rings. The van der Waals surface area contributed by atoms with Crippen LogP contribution in [0.5, 0.6) is 0 Å². The first-order valence-electron chi connectivity index (χ1n) is 8.69.